The monoisotopic (exact) mass is 245 g/mol. The van der Waals surface area contributed by atoms with Crippen LogP contribution in [0.5, 0.6) is 0 Å². The minimum absolute atomic E-state index is 0.0182. The Labute approximate surface area is 108 Å². The van der Waals surface area contributed by atoms with Crippen molar-refractivity contribution in [2.45, 2.75) is 40.0 Å². The number of aryl methyl sites for hydroxylation is 3. The molecule has 1 aromatic rings. The Morgan fingerprint density at radius 1 is 1.11 bits per heavy atom. The summed E-state index contributed by atoms with van der Waals surface area (Å²) in [6.07, 6.45) is 1.81. The van der Waals surface area contributed by atoms with Crippen LogP contribution in [-0.4, -0.2) is 18.2 Å². The lowest BCUT2D eigenvalue weighted by atomic mass is 9.99. The van der Waals surface area contributed by atoms with E-state index in [4.69, 9.17) is 0 Å². The van der Waals surface area contributed by atoms with Gasteiger partial charge in [0, 0.05) is 0 Å². The van der Waals surface area contributed by atoms with Crippen molar-refractivity contribution < 1.29 is 9.59 Å². The smallest absolute Gasteiger partial charge is 0.234 e. The molecule has 1 aromatic carbocycles. The molecule has 1 heterocycles. The van der Waals surface area contributed by atoms with Gasteiger partial charge in [-0.05, 0) is 30.9 Å². The summed E-state index contributed by atoms with van der Waals surface area (Å²) in [5, 5.41) is 0. The van der Waals surface area contributed by atoms with E-state index in [1.807, 2.05) is 0 Å². The second kappa shape index (κ2) is 4.92. The first-order chi connectivity index (χ1) is 8.56. The molecule has 0 N–H and O–H groups in total. The van der Waals surface area contributed by atoms with Gasteiger partial charge < -0.3 is 4.90 Å². The Morgan fingerprint density at radius 2 is 1.67 bits per heavy atom. The minimum atomic E-state index is -0.0618. The third-order valence-electron chi connectivity index (χ3n) is 3.43. The topological polar surface area (TPSA) is 37.4 Å². The average Bonchev–Trinajstić information content (AvgIpc) is 2.66. The molecule has 0 radical (unpaired) electrons. The number of carbonyl (C=O) groups excluding carboxylic acids is 2. The summed E-state index contributed by atoms with van der Waals surface area (Å²) in [6.45, 7) is 6.47. The Morgan fingerprint density at radius 3 is 2.06 bits per heavy atom. The van der Waals surface area contributed by atoms with Crippen molar-refractivity contribution in [2.75, 3.05) is 11.4 Å². The number of rotatable bonds is 3. The first kappa shape index (κ1) is 12.8. The maximum absolute atomic E-state index is 11.9. The zero-order valence-corrected chi connectivity index (χ0v) is 11.2. The van der Waals surface area contributed by atoms with Crippen LogP contribution >= 0.6 is 0 Å². The molecule has 2 rings (SSSR count). The van der Waals surface area contributed by atoms with Crippen molar-refractivity contribution in [3.05, 3.63) is 28.8 Å². The first-order valence-corrected chi connectivity index (χ1v) is 6.51. The molecule has 0 aromatic heterocycles. The summed E-state index contributed by atoms with van der Waals surface area (Å²) in [6, 6.07) is 4.23. The predicted octanol–water partition coefficient (Wildman–Crippen LogP) is 2.43. The van der Waals surface area contributed by atoms with Gasteiger partial charge in [-0.2, -0.15) is 0 Å². The summed E-state index contributed by atoms with van der Waals surface area (Å²) in [5.41, 5.74) is 4.51. The maximum Gasteiger partial charge on any atom is 0.234 e. The molecule has 1 amide bonds. The number of nitrogens with zero attached hydrogens (tertiary/aromatic N) is 1. The van der Waals surface area contributed by atoms with Gasteiger partial charge in [-0.25, -0.2) is 0 Å². The molecular weight excluding hydrogens is 226 g/mol. The van der Waals surface area contributed by atoms with Gasteiger partial charge >= 0.3 is 0 Å². The molecule has 0 atom stereocenters. The molecule has 0 bridgehead atoms. The van der Waals surface area contributed by atoms with E-state index in [0.29, 0.717) is 0 Å². The lowest BCUT2D eigenvalue weighted by molar-refractivity contribution is -0.121. The molecule has 3 nitrogen and oxygen atoms in total. The molecule has 0 saturated carbocycles. The molecular formula is C15H19NO2. The van der Waals surface area contributed by atoms with Crippen LogP contribution in [0.1, 0.15) is 37.0 Å². The molecule has 1 aliphatic rings. The fourth-order valence-electron chi connectivity index (χ4n) is 2.61. The first-order valence-electron chi connectivity index (χ1n) is 6.51. The van der Waals surface area contributed by atoms with E-state index in [1.165, 1.54) is 5.56 Å². The molecule has 0 spiro atoms. The van der Waals surface area contributed by atoms with Crippen LogP contribution in [0.4, 0.5) is 5.69 Å². The highest BCUT2D eigenvalue weighted by Gasteiger charge is 2.31. The second-order valence-electron chi connectivity index (χ2n) is 4.83. The van der Waals surface area contributed by atoms with E-state index >= 15 is 0 Å². The van der Waals surface area contributed by atoms with Gasteiger partial charge in [0.2, 0.25) is 5.91 Å². The Bertz CT molecular complexity index is 480. The highest BCUT2D eigenvalue weighted by Crippen LogP contribution is 2.31. The number of ketones is 1. The van der Waals surface area contributed by atoms with Gasteiger partial charge in [-0.15, -0.1) is 0 Å². The quantitative estimate of drug-likeness (QED) is 0.767. The Balaban J connectivity index is 2.54. The number of benzene rings is 1. The number of hydrogen-bond donors (Lipinski definition) is 0. The standard InChI is InChI=1S/C15H19NO2/c1-4-11-6-10(3)7-12(5-2)15(11)16-9-13(17)8-14(16)18/h6-7H,4-5,8-9H2,1-3H3. The number of Topliss-reactive ketones (excluding diaryl/α,β-unsaturated/α-hetero) is 1. The normalized spacial score (nSPS) is 15.6. The van der Waals surface area contributed by atoms with Gasteiger partial charge in [0.15, 0.2) is 5.78 Å². The predicted molar refractivity (Wildman–Crippen MR) is 71.9 cm³/mol. The Kier molecular flexibility index (Phi) is 3.50. The highest BCUT2D eigenvalue weighted by molar-refractivity contribution is 6.15. The van der Waals surface area contributed by atoms with Crippen molar-refractivity contribution in [3.63, 3.8) is 0 Å². The van der Waals surface area contributed by atoms with Gasteiger partial charge in [0.05, 0.1) is 18.7 Å². The van der Waals surface area contributed by atoms with Crippen LogP contribution < -0.4 is 4.90 Å². The van der Waals surface area contributed by atoms with Crippen LogP contribution in [0.15, 0.2) is 12.1 Å². The van der Waals surface area contributed by atoms with Crippen molar-refractivity contribution in [1.82, 2.24) is 0 Å². The summed E-state index contributed by atoms with van der Waals surface area (Å²) in [7, 11) is 0. The number of anilines is 1. The SMILES string of the molecule is CCc1cc(C)cc(CC)c1N1CC(=O)CC1=O. The number of hydrogen-bond acceptors (Lipinski definition) is 2. The van der Waals surface area contributed by atoms with Crippen LogP contribution in [0.25, 0.3) is 0 Å². The van der Waals surface area contributed by atoms with Crippen molar-refractivity contribution in [3.8, 4) is 0 Å². The molecule has 18 heavy (non-hydrogen) atoms. The molecule has 1 saturated heterocycles. The lowest BCUT2D eigenvalue weighted by Crippen LogP contribution is -2.27. The van der Waals surface area contributed by atoms with E-state index in [-0.39, 0.29) is 24.7 Å². The fourth-order valence-corrected chi connectivity index (χ4v) is 2.61. The van der Waals surface area contributed by atoms with Crippen LogP contribution in [0.2, 0.25) is 0 Å². The largest absolute Gasteiger partial charge is 0.304 e. The summed E-state index contributed by atoms with van der Waals surface area (Å²) in [5.74, 6) is -0.0436. The minimum Gasteiger partial charge on any atom is -0.304 e. The molecule has 3 heteroatoms. The Hall–Kier alpha value is -1.64. The van der Waals surface area contributed by atoms with Crippen LogP contribution in [0, 0.1) is 6.92 Å². The zero-order chi connectivity index (χ0) is 13.3. The molecule has 1 fully saturated rings. The fraction of sp³-hybridized carbons (Fsp3) is 0.467. The molecule has 1 aliphatic heterocycles. The van der Waals surface area contributed by atoms with Crippen LogP contribution in [-0.2, 0) is 22.4 Å². The van der Waals surface area contributed by atoms with Gasteiger partial charge in [-0.1, -0.05) is 31.5 Å². The second-order valence-corrected chi connectivity index (χ2v) is 4.83. The third kappa shape index (κ3) is 2.17. The van der Waals surface area contributed by atoms with E-state index < -0.39 is 0 Å². The number of carbonyl (C=O) groups is 2. The van der Waals surface area contributed by atoms with Crippen LogP contribution in [0.3, 0.4) is 0 Å². The maximum atomic E-state index is 11.9. The van der Waals surface area contributed by atoms with Crippen molar-refractivity contribution in [2.24, 2.45) is 0 Å². The van der Waals surface area contributed by atoms with E-state index in [0.717, 1.165) is 29.7 Å². The molecule has 96 valence electrons. The average molecular weight is 245 g/mol. The van der Waals surface area contributed by atoms with Crippen molar-refractivity contribution >= 4 is 17.4 Å². The van der Waals surface area contributed by atoms with E-state index in [1.54, 1.807) is 4.90 Å². The zero-order valence-electron chi connectivity index (χ0n) is 11.2. The highest BCUT2D eigenvalue weighted by atomic mass is 16.2. The number of amides is 1. The van der Waals surface area contributed by atoms with Gasteiger partial charge in [0.1, 0.15) is 0 Å². The summed E-state index contributed by atoms with van der Waals surface area (Å²) < 4.78 is 0. The summed E-state index contributed by atoms with van der Waals surface area (Å²) in [4.78, 5) is 25.0. The van der Waals surface area contributed by atoms with E-state index in [2.05, 4.69) is 32.9 Å². The van der Waals surface area contributed by atoms with Gasteiger partial charge in [0.25, 0.3) is 0 Å². The van der Waals surface area contributed by atoms with Gasteiger partial charge in [-0.3, -0.25) is 9.59 Å². The third-order valence-corrected chi connectivity index (χ3v) is 3.43. The lowest BCUT2D eigenvalue weighted by Gasteiger charge is -2.23. The van der Waals surface area contributed by atoms with E-state index in [9.17, 15) is 9.59 Å². The van der Waals surface area contributed by atoms with Crippen molar-refractivity contribution in [1.29, 1.82) is 0 Å². The molecule has 0 unspecified atom stereocenters. The summed E-state index contributed by atoms with van der Waals surface area (Å²) >= 11 is 0. The molecule has 0 aliphatic carbocycles.